The van der Waals surface area contributed by atoms with Gasteiger partial charge in [-0.2, -0.15) is 13.2 Å². The second-order valence-corrected chi connectivity index (χ2v) is 6.35. The number of fused-ring (bicyclic) bond motifs is 1. The van der Waals surface area contributed by atoms with Gasteiger partial charge in [-0.15, -0.1) is 0 Å². The minimum Gasteiger partial charge on any atom is -0.251 e. The molecule has 0 fully saturated rings. The van der Waals surface area contributed by atoms with Gasteiger partial charge in [0, 0.05) is 16.5 Å². The molecule has 3 aromatic carbocycles. The average molecular weight is 363 g/mol. The zero-order valence-electron chi connectivity index (χ0n) is 14.4. The standard InChI is InChI=1S/C23H16F3N/c24-23(25,26)15-20-18-13-7-8-14-19(18)21(16-9-3-1-4-10-16)22(27-20)17-11-5-2-6-12-17/h1-14H,15H2. The first-order valence-electron chi connectivity index (χ1n) is 8.62. The third-order valence-corrected chi connectivity index (χ3v) is 4.47. The minimum absolute atomic E-state index is 0.0524. The molecular weight excluding hydrogens is 347 g/mol. The molecule has 1 aromatic heterocycles. The van der Waals surface area contributed by atoms with Crippen LogP contribution in [-0.2, 0) is 6.42 Å². The van der Waals surface area contributed by atoms with Gasteiger partial charge in [0.05, 0.1) is 17.8 Å². The Morgan fingerprint density at radius 1 is 0.630 bits per heavy atom. The largest absolute Gasteiger partial charge is 0.394 e. The number of hydrogen-bond acceptors (Lipinski definition) is 1. The molecule has 0 radical (unpaired) electrons. The van der Waals surface area contributed by atoms with E-state index in [1.54, 1.807) is 12.1 Å². The third kappa shape index (κ3) is 3.56. The Labute approximate surface area is 155 Å². The number of pyridine rings is 1. The molecular formula is C23H16F3N. The summed E-state index contributed by atoms with van der Waals surface area (Å²) in [6.07, 6.45) is -5.37. The summed E-state index contributed by atoms with van der Waals surface area (Å²) in [5.41, 5.74) is 3.20. The maximum Gasteiger partial charge on any atom is 0.394 e. The molecule has 0 saturated carbocycles. The lowest BCUT2D eigenvalue weighted by Crippen LogP contribution is -2.14. The summed E-state index contributed by atoms with van der Waals surface area (Å²) in [5, 5.41) is 1.31. The molecule has 0 amide bonds. The normalized spacial score (nSPS) is 11.7. The molecule has 0 aliphatic rings. The van der Waals surface area contributed by atoms with Gasteiger partial charge in [0.1, 0.15) is 0 Å². The van der Waals surface area contributed by atoms with E-state index in [4.69, 9.17) is 0 Å². The van der Waals surface area contributed by atoms with Gasteiger partial charge in [0.15, 0.2) is 0 Å². The molecule has 0 bridgehead atoms. The van der Waals surface area contributed by atoms with Crippen molar-refractivity contribution in [2.75, 3.05) is 0 Å². The summed E-state index contributed by atoms with van der Waals surface area (Å²) >= 11 is 0. The predicted octanol–water partition coefficient (Wildman–Crippen LogP) is 6.67. The molecule has 0 saturated heterocycles. The van der Waals surface area contributed by atoms with Crippen LogP contribution < -0.4 is 0 Å². The van der Waals surface area contributed by atoms with Crippen LogP contribution in [0.3, 0.4) is 0 Å². The number of benzene rings is 3. The molecule has 0 spiro atoms. The van der Waals surface area contributed by atoms with Crippen molar-refractivity contribution in [1.82, 2.24) is 4.98 Å². The molecule has 0 atom stereocenters. The van der Waals surface area contributed by atoms with Crippen LogP contribution in [0.5, 0.6) is 0 Å². The average Bonchev–Trinajstić information content (AvgIpc) is 2.68. The Morgan fingerprint density at radius 3 is 1.74 bits per heavy atom. The highest BCUT2D eigenvalue weighted by Crippen LogP contribution is 2.39. The lowest BCUT2D eigenvalue weighted by atomic mass is 9.92. The Kier molecular flexibility index (Phi) is 4.40. The molecule has 134 valence electrons. The Morgan fingerprint density at radius 2 is 1.15 bits per heavy atom. The first kappa shape index (κ1) is 17.3. The molecule has 0 unspecified atom stereocenters. The van der Waals surface area contributed by atoms with Gasteiger partial charge in [0.2, 0.25) is 0 Å². The summed E-state index contributed by atoms with van der Waals surface area (Å²) in [6, 6.07) is 26.2. The zero-order chi connectivity index (χ0) is 18.9. The molecule has 1 heterocycles. The number of nitrogens with zero attached hydrogens (tertiary/aromatic N) is 1. The number of alkyl halides is 3. The number of aromatic nitrogens is 1. The highest BCUT2D eigenvalue weighted by Gasteiger charge is 2.30. The van der Waals surface area contributed by atoms with Crippen LogP contribution in [0.2, 0.25) is 0 Å². The highest BCUT2D eigenvalue weighted by molar-refractivity contribution is 6.03. The Balaban J connectivity index is 2.09. The fourth-order valence-corrected chi connectivity index (χ4v) is 3.36. The molecule has 0 aliphatic heterocycles. The number of hydrogen-bond donors (Lipinski definition) is 0. The summed E-state index contributed by atoms with van der Waals surface area (Å²) in [7, 11) is 0. The molecule has 4 aromatic rings. The van der Waals surface area contributed by atoms with Gasteiger partial charge in [-0.3, -0.25) is 4.98 Å². The van der Waals surface area contributed by atoms with E-state index in [1.807, 2.05) is 72.8 Å². The van der Waals surface area contributed by atoms with Crippen molar-refractivity contribution in [3.05, 3.63) is 90.6 Å². The predicted molar refractivity (Wildman–Crippen MR) is 102 cm³/mol. The summed E-state index contributed by atoms with van der Waals surface area (Å²) < 4.78 is 39.6. The van der Waals surface area contributed by atoms with Gasteiger partial charge in [-0.05, 0) is 10.9 Å². The van der Waals surface area contributed by atoms with Crippen molar-refractivity contribution in [2.45, 2.75) is 12.6 Å². The van der Waals surface area contributed by atoms with E-state index >= 15 is 0 Å². The van der Waals surface area contributed by atoms with Crippen molar-refractivity contribution in [3.8, 4) is 22.4 Å². The van der Waals surface area contributed by atoms with E-state index in [9.17, 15) is 13.2 Å². The van der Waals surface area contributed by atoms with Crippen LogP contribution in [0.15, 0.2) is 84.9 Å². The van der Waals surface area contributed by atoms with Gasteiger partial charge in [-0.1, -0.05) is 84.9 Å². The van der Waals surface area contributed by atoms with Gasteiger partial charge in [-0.25, -0.2) is 0 Å². The van der Waals surface area contributed by atoms with Crippen molar-refractivity contribution < 1.29 is 13.2 Å². The topological polar surface area (TPSA) is 12.9 Å². The third-order valence-electron chi connectivity index (χ3n) is 4.47. The van der Waals surface area contributed by atoms with Crippen molar-refractivity contribution >= 4 is 10.8 Å². The lowest BCUT2D eigenvalue weighted by Gasteiger charge is -2.17. The van der Waals surface area contributed by atoms with Gasteiger partial charge < -0.3 is 0 Å². The SMILES string of the molecule is FC(F)(F)Cc1nc(-c2ccccc2)c(-c2ccccc2)c2ccccc12. The number of halogens is 3. The van der Waals surface area contributed by atoms with E-state index in [1.165, 1.54) is 0 Å². The lowest BCUT2D eigenvalue weighted by molar-refractivity contribution is -0.127. The molecule has 4 heteroatoms. The summed E-state index contributed by atoms with van der Waals surface area (Å²) in [4.78, 5) is 4.51. The second-order valence-electron chi connectivity index (χ2n) is 6.35. The van der Waals surface area contributed by atoms with E-state index in [0.29, 0.717) is 11.1 Å². The van der Waals surface area contributed by atoms with Crippen LogP contribution in [0.25, 0.3) is 33.2 Å². The first-order valence-corrected chi connectivity index (χ1v) is 8.62. The van der Waals surface area contributed by atoms with Crippen LogP contribution >= 0.6 is 0 Å². The van der Waals surface area contributed by atoms with Gasteiger partial charge >= 0.3 is 6.18 Å². The van der Waals surface area contributed by atoms with Crippen molar-refractivity contribution in [2.24, 2.45) is 0 Å². The van der Waals surface area contributed by atoms with Crippen LogP contribution in [0, 0.1) is 0 Å². The van der Waals surface area contributed by atoms with E-state index in [2.05, 4.69) is 4.98 Å². The maximum absolute atomic E-state index is 13.2. The summed E-state index contributed by atoms with van der Waals surface area (Å²) in [6.45, 7) is 0. The molecule has 4 rings (SSSR count). The molecule has 27 heavy (non-hydrogen) atoms. The number of rotatable bonds is 3. The molecule has 0 aliphatic carbocycles. The van der Waals surface area contributed by atoms with E-state index in [0.717, 1.165) is 22.1 Å². The van der Waals surface area contributed by atoms with E-state index in [-0.39, 0.29) is 5.69 Å². The first-order chi connectivity index (χ1) is 13.0. The van der Waals surface area contributed by atoms with Crippen LogP contribution in [-0.4, -0.2) is 11.2 Å². The maximum atomic E-state index is 13.2. The summed E-state index contributed by atoms with van der Waals surface area (Å²) in [5.74, 6) is 0. The Bertz CT molecular complexity index is 1070. The fraction of sp³-hybridized carbons (Fsp3) is 0.0870. The minimum atomic E-state index is -4.32. The molecule has 1 nitrogen and oxygen atoms in total. The van der Waals surface area contributed by atoms with Crippen molar-refractivity contribution in [1.29, 1.82) is 0 Å². The smallest absolute Gasteiger partial charge is 0.251 e. The zero-order valence-corrected chi connectivity index (χ0v) is 14.4. The quantitative estimate of drug-likeness (QED) is 0.396. The highest BCUT2D eigenvalue weighted by atomic mass is 19.4. The van der Waals surface area contributed by atoms with Crippen LogP contribution in [0.4, 0.5) is 13.2 Å². The monoisotopic (exact) mass is 363 g/mol. The van der Waals surface area contributed by atoms with Crippen LogP contribution in [0.1, 0.15) is 5.69 Å². The van der Waals surface area contributed by atoms with E-state index < -0.39 is 12.6 Å². The van der Waals surface area contributed by atoms with Crippen molar-refractivity contribution in [3.63, 3.8) is 0 Å². The molecule has 0 N–H and O–H groups in total. The van der Waals surface area contributed by atoms with Gasteiger partial charge in [0.25, 0.3) is 0 Å². The fourth-order valence-electron chi connectivity index (χ4n) is 3.36. The Hall–Kier alpha value is -3.14. The second kappa shape index (κ2) is 6.88.